The van der Waals surface area contributed by atoms with Crippen LogP contribution in [0.2, 0.25) is 0 Å². The maximum Gasteiger partial charge on any atom is 0.359 e. The molecule has 2 nitrogen and oxygen atoms in total. The van der Waals surface area contributed by atoms with Crippen LogP contribution < -0.4 is 0 Å². The molecule has 0 fully saturated rings. The number of aliphatic hydroxyl groups is 1. The molecule has 1 N–H and O–H groups in total. The fraction of sp³-hybridized carbons (Fsp3) is 0.400. The van der Waals surface area contributed by atoms with Crippen LogP contribution in [0, 0.1) is 0 Å². The molecule has 0 unspecified atom stereocenters. The van der Waals surface area contributed by atoms with E-state index >= 15 is 0 Å². The summed E-state index contributed by atoms with van der Waals surface area (Å²) in [5.41, 5.74) is 0. The molecule has 1 rings (SSSR count). The normalized spacial score (nSPS) is 19.0. The Hall–Kier alpha value is -0.790. The summed E-state index contributed by atoms with van der Waals surface area (Å²) < 4.78 is 1.76. The first-order chi connectivity index (χ1) is 3.30. The number of hydrogen-bond acceptors (Lipinski definition) is 0. The highest BCUT2D eigenvalue weighted by molar-refractivity contribution is 5.82. The summed E-state index contributed by atoms with van der Waals surface area (Å²) in [5, 5.41) is 8.75. The first-order valence-corrected chi connectivity index (χ1v) is 2.24. The van der Waals surface area contributed by atoms with E-state index < -0.39 is 0 Å². The van der Waals surface area contributed by atoms with Gasteiger partial charge in [-0.25, -0.2) is 0 Å². The fourth-order valence-electron chi connectivity index (χ4n) is 0.537. The molecule has 0 aliphatic carbocycles. The van der Waals surface area contributed by atoms with Gasteiger partial charge in [-0.05, 0) is 6.08 Å². The highest BCUT2D eigenvalue weighted by Crippen LogP contribution is 1.86. The van der Waals surface area contributed by atoms with Crippen molar-refractivity contribution in [3.63, 3.8) is 0 Å². The van der Waals surface area contributed by atoms with Crippen molar-refractivity contribution in [2.24, 2.45) is 0 Å². The molecular formula is C5H8NO+. The number of nitrogens with zero attached hydrogens (tertiary/aromatic N) is 1. The summed E-state index contributed by atoms with van der Waals surface area (Å²) in [5.74, 6) is 0.361. The van der Waals surface area contributed by atoms with Crippen molar-refractivity contribution in [3.05, 3.63) is 12.2 Å². The molecule has 0 aromatic heterocycles. The molecule has 1 heterocycles. The monoisotopic (exact) mass is 98.1 g/mol. The van der Waals surface area contributed by atoms with Gasteiger partial charge in [0.05, 0.1) is 6.08 Å². The molecule has 0 atom stereocenters. The topological polar surface area (TPSA) is 23.2 Å². The molecule has 0 aromatic carbocycles. The second-order valence-electron chi connectivity index (χ2n) is 1.64. The van der Waals surface area contributed by atoms with Gasteiger partial charge in [0, 0.05) is 0 Å². The van der Waals surface area contributed by atoms with Crippen LogP contribution in [-0.2, 0) is 0 Å². The van der Waals surface area contributed by atoms with Crippen molar-refractivity contribution in [2.45, 2.75) is 0 Å². The Labute approximate surface area is 42.4 Å². The smallest absolute Gasteiger partial charge is 0.359 e. The molecule has 0 amide bonds. The lowest BCUT2D eigenvalue weighted by molar-refractivity contribution is -0.489. The molecule has 2 heteroatoms. The Morgan fingerprint density at radius 3 is 2.71 bits per heavy atom. The van der Waals surface area contributed by atoms with Crippen LogP contribution in [0.15, 0.2) is 12.2 Å². The Balaban J connectivity index is 2.79. The Morgan fingerprint density at radius 2 is 2.57 bits per heavy atom. The molecule has 1 aliphatic rings. The van der Waals surface area contributed by atoms with Gasteiger partial charge in [-0.2, -0.15) is 4.58 Å². The molecule has 0 radical (unpaired) electrons. The van der Waals surface area contributed by atoms with Gasteiger partial charge < -0.3 is 5.11 Å². The highest BCUT2D eigenvalue weighted by Gasteiger charge is 2.07. The van der Waals surface area contributed by atoms with Crippen molar-refractivity contribution in [2.75, 3.05) is 13.6 Å². The Kier molecular flexibility index (Phi) is 0.855. The van der Waals surface area contributed by atoms with E-state index in [0.717, 1.165) is 6.54 Å². The van der Waals surface area contributed by atoms with Gasteiger partial charge in [0.1, 0.15) is 7.05 Å². The van der Waals surface area contributed by atoms with E-state index in [1.165, 1.54) is 0 Å². The van der Waals surface area contributed by atoms with Gasteiger partial charge in [0.2, 0.25) is 0 Å². The van der Waals surface area contributed by atoms with Crippen LogP contribution in [0.25, 0.3) is 0 Å². The van der Waals surface area contributed by atoms with Crippen molar-refractivity contribution < 1.29 is 9.68 Å². The zero-order valence-corrected chi connectivity index (χ0v) is 4.26. The van der Waals surface area contributed by atoms with E-state index in [0.29, 0.717) is 5.90 Å². The number of hydrogen-bond donors (Lipinski definition) is 1. The van der Waals surface area contributed by atoms with E-state index in [4.69, 9.17) is 5.11 Å². The largest absolute Gasteiger partial charge is 0.460 e. The molecule has 7 heavy (non-hydrogen) atoms. The average molecular weight is 98.1 g/mol. The molecule has 0 aromatic rings. The first kappa shape index (κ1) is 4.37. The van der Waals surface area contributed by atoms with Gasteiger partial charge in [-0.15, -0.1) is 0 Å². The van der Waals surface area contributed by atoms with Gasteiger partial charge in [-0.1, -0.05) is 0 Å². The number of likely N-dealkylation sites (N-methyl/N-ethyl adjacent to an activating group) is 1. The van der Waals surface area contributed by atoms with Crippen LogP contribution in [0.3, 0.4) is 0 Å². The predicted molar refractivity (Wildman–Crippen MR) is 27.8 cm³/mol. The highest BCUT2D eigenvalue weighted by atomic mass is 16.3. The summed E-state index contributed by atoms with van der Waals surface area (Å²) in [6, 6.07) is 0. The minimum atomic E-state index is 0.361. The minimum Gasteiger partial charge on any atom is -0.460 e. The van der Waals surface area contributed by atoms with Crippen molar-refractivity contribution in [1.82, 2.24) is 0 Å². The predicted octanol–water partition coefficient (Wildman–Crippen LogP) is 0.155. The van der Waals surface area contributed by atoms with E-state index in [1.807, 2.05) is 13.1 Å². The lowest BCUT2D eigenvalue weighted by Gasteiger charge is -1.82. The van der Waals surface area contributed by atoms with Crippen LogP contribution in [-0.4, -0.2) is 29.2 Å². The number of aliphatic hydroxyl groups excluding tert-OH is 1. The zero-order chi connectivity index (χ0) is 5.28. The molecular weight excluding hydrogens is 90.1 g/mol. The second-order valence-corrected chi connectivity index (χ2v) is 1.64. The van der Waals surface area contributed by atoms with Crippen LogP contribution in [0.1, 0.15) is 0 Å². The average Bonchev–Trinajstić information content (AvgIpc) is 1.91. The molecule has 38 valence electrons. The first-order valence-electron chi connectivity index (χ1n) is 2.24. The quantitative estimate of drug-likeness (QED) is 0.428. The van der Waals surface area contributed by atoms with E-state index in [2.05, 4.69) is 0 Å². The van der Waals surface area contributed by atoms with Gasteiger partial charge in [0.15, 0.2) is 6.54 Å². The summed E-state index contributed by atoms with van der Waals surface area (Å²) in [4.78, 5) is 0. The summed E-state index contributed by atoms with van der Waals surface area (Å²) in [6.07, 6.45) is 3.61. The van der Waals surface area contributed by atoms with Crippen molar-refractivity contribution >= 4 is 5.90 Å². The van der Waals surface area contributed by atoms with Crippen LogP contribution in [0.5, 0.6) is 0 Å². The van der Waals surface area contributed by atoms with Gasteiger partial charge in [-0.3, -0.25) is 0 Å². The fourth-order valence-corrected chi connectivity index (χ4v) is 0.537. The SMILES string of the molecule is C[N+]1=C(O)C=CC1. The standard InChI is InChI=1S/C5H7NO/c1-6-4-2-3-5(6)7/h2-3H,4H2,1H3/p+1. The third-order valence-electron chi connectivity index (χ3n) is 1.04. The third kappa shape index (κ3) is 0.633. The maximum absolute atomic E-state index is 8.75. The minimum absolute atomic E-state index is 0.361. The second kappa shape index (κ2) is 1.37. The van der Waals surface area contributed by atoms with E-state index in [9.17, 15) is 0 Å². The lowest BCUT2D eigenvalue weighted by atomic mass is 10.6. The summed E-state index contributed by atoms with van der Waals surface area (Å²) in [6.45, 7) is 0.839. The molecule has 0 saturated heterocycles. The summed E-state index contributed by atoms with van der Waals surface area (Å²) >= 11 is 0. The van der Waals surface area contributed by atoms with Gasteiger partial charge in [0.25, 0.3) is 0 Å². The van der Waals surface area contributed by atoms with Crippen LogP contribution in [0.4, 0.5) is 0 Å². The molecule has 1 aliphatic heterocycles. The zero-order valence-electron chi connectivity index (χ0n) is 4.26. The lowest BCUT2D eigenvalue weighted by Crippen LogP contribution is -2.08. The van der Waals surface area contributed by atoms with E-state index in [-0.39, 0.29) is 0 Å². The number of rotatable bonds is 0. The molecule has 0 saturated carbocycles. The van der Waals surface area contributed by atoms with Gasteiger partial charge >= 0.3 is 5.90 Å². The van der Waals surface area contributed by atoms with Crippen molar-refractivity contribution in [1.29, 1.82) is 0 Å². The maximum atomic E-state index is 8.75. The molecule has 0 bridgehead atoms. The Morgan fingerprint density at radius 1 is 1.86 bits per heavy atom. The van der Waals surface area contributed by atoms with Crippen LogP contribution >= 0.6 is 0 Å². The third-order valence-corrected chi connectivity index (χ3v) is 1.04. The Bertz CT molecular complexity index is 135. The van der Waals surface area contributed by atoms with Crippen molar-refractivity contribution in [3.8, 4) is 0 Å². The molecule has 0 spiro atoms. The summed E-state index contributed by atoms with van der Waals surface area (Å²) in [7, 11) is 1.84. The van der Waals surface area contributed by atoms with E-state index in [1.54, 1.807) is 10.7 Å².